The number of imidazole rings is 1. The van der Waals surface area contributed by atoms with Crippen LogP contribution < -0.4 is 4.74 Å². The largest absolute Gasteiger partial charge is 0.463 e. The fourth-order valence-electron chi connectivity index (χ4n) is 1.57. The van der Waals surface area contributed by atoms with Crippen molar-refractivity contribution >= 4 is 18.6 Å². The zero-order chi connectivity index (χ0) is 9.38. The minimum Gasteiger partial charge on any atom is -0.463 e. The lowest BCUT2D eigenvalue weighted by Gasteiger charge is -2.03. The molecule has 0 amide bonds. The van der Waals surface area contributed by atoms with E-state index in [4.69, 9.17) is 4.74 Å². The van der Waals surface area contributed by atoms with Crippen LogP contribution in [0.15, 0.2) is 42.9 Å². The van der Waals surface area contributed by atoms with Gasteiger partial charge in [-0.3, -0.25) is 0 Å². The summed E-state index contributed by atoms with van der Waals surface area (Å²) in [6.07, 6.45) is 7.19. The molecule has 15 heavy (non-hydrogen) atoms. The number of hydrogen-bond acceptors (Lipinski definition) is 2. The van der Waals surface area contributed by atoms with Gasteiger partial charge in [-0.05, 0) is 12.1 Å². The number of fused-ring (bicyclic) bond motifs is 3. The summed E-state index contributed by atoms with van der Waals surface area (Å²) in [5.41, 5.74) is 1.02. The summed E-state index contributed by atoms with van der Waals surface area (Å²) < 4.78 is 7.38. The van der Waals surface area contributed by atoms with E-state index in [-0.39, 0.29) is 12.4 Å². The second-order valence-corrected chi connectivity index (χ2v) is 3.06. The van der Waals surface area contributed by atoms with Crippen molar-refractivity contribution in [2.24, 2.45) is 0 Å². The van der Waals surface area contributed by atoms with Crippen molar-refractivity contribution in [1.82, 2.24) is 9.55 Å². The molecular formula is C11H9ClN2O. The lowest BCUT2D eigenvalue weighted by molar-refractivity contribution is 0.487. The summed E-state index contributed by atoms with van der Waals surface area (Å²) in [4.78, 5) is 4.29. The number of hydrogen-bond donors (Lipinski definition) is 0. The second-order valence-electron chi connectivity index (χ2n) is 3.06. The van der Waals surface area contributed by atoms with E-state index >= 15 is 0 Å². The summed E-state index contributed by atoms with van der Waals surface area (Å²) in [5, 5.41) is 0. The summed E-state index contributed by atoms with van der Waals surface area (Å²) in [5.74, 6) is 1.75. The molecule has 0 bridgehead atoms. The maximum Gasteiger partial charge on any atom is 0.147 e. The predicted octanol–water partition coefficient (Wildman–Crippen LogP) is 2.79. The van der Waals surface area contributed by atoms with Crippen LogP contribution in [0.25, 0.3) is 17.6 Å². The van der Waals surface area contributed by atoms with Crippen molar-refractivity contribution in [3.63, 3.8) is 0 Å². The topological polar surface area (TPSA) is 27.1 Å². The molecule has 2 aromatic rings. The Morgan fingerprint density at radius 3 is 3.00 bits per heavy atom. The highest BCUT2D eigenvalue weighted by atomic mass is 35.5. The average molecular weight is 221 g/mol. The van der Waals surface area contributed by atoms with Gasteiger partial charge in [-0.15, -0.1) is 12.4 Å². The fourth-order valence-corrected chi connectivity index (χ4v) is 1.57. The average Bonchev–Trinajstić information content (AvgIpc) is 2.61. The van der Waals surface area contributed by atoms with Crippen LogP contribution in [0.2, 0.25) is 0 Å². The fraction of sp³-hybridized carbons (Fsp3) is 0. The van der Waals surface area contributed by atoms with E-state index in [9.17, 15) is 0 Å². The monoisotopic (exact) mass is 220 g/mol. The molecule has 3 nitrogen and oxygen atoms in total. The van der Waals surface area contributed by atoms with Crippen molar-refractivity contribution in [2.45, 2.75) is 0 Å². The minimum atomic E-state index is 0. The van der Waals surface area contributed by atoms with Crippen molar-refractivity contribution in [1.29, 1.82) is 0 Å². The zero-order valence-electron chi connectivity index (χ0n) is 7.83. The first kappa shape index (κ1) is 9.80. The van der Waals surface area contributed by atoms with Crippen LogP contribution in [0, 0.1) is 0 Å². The van der Waals surface area contributed by atoms with E-state index in [0.29, 0.717) is 0 Å². The number of ether oxygens (including phenoxy) is 1. The van der Waals surface area contributed by atoms with E-state index in [0.717, 1.165) is 17.1 Å². The third kappa shape index (κ3) is 1.51. The standard InChI is InChI=1S/C11H8N2O.ClH/c1-2-4-10-9(3-1)11-12-5-6-13(11)7-8-14-10;/h1-8H;1H. The molecule has 1 aromatic heterocycles. The van der Waals surface area contributed by atoms with Crippen LogP contribution in [0.4, 0.5) is 0 Å². The van der Waals surface area contributed by atoms with Gasteiger partial charge < -0.3 is 9.30 Å². The highest BCUT2D eigenvalue weighted by Gasteiger charge is 2.11. The van der Waals surface area contributed by atoms with Gasteiger partial charge in [-0.2, -0.15) is 0 Å². The smallest absolute Gasteiger partial charge is 0.147 e. The van der Waals surface area contributed by atoms with E-state index < -0.39 is 0 Å². The SMILES string of the molecule is C1=Cn2ccnc2-c2ccccc2O1.Cl. The Labute approximate surface area is 93.4 Å². The van der Waals surface area contributed by atoms with E-state index in [1.54, 1.807) is 12.5 Å². The molecular weight excluding hydrogens is 212 g/mol. The highest BCUT2D eigenvalue weighted by molar-refractivity contribution is 5.85. The highest BCUT2D eigenvalue weighted by Crippen LogP contribution is 2.30. The number of nitrogens with zero attached hydrogens (tertiary/aromatic N) is 2. The quantitative estimate of drug-likeness (QED) is 0.683. The molecule has 0 radical (unpaired) electrons. The Kier molecular flexibility index (Phi) is 2.47. The molecule has 1 aliphatic heterocycles. The number of benzene rings is 1. The summed E-state index contributed by atoms with van der Waals surface area (Å²) >= 11 is 0. The minimum absolute atomic E-state index is 0. The first-order valence-corrected chi connectivity index (χ1v) is 4.41. The first-order chi connectivity index (χ1) is 6.95. The molecule has 0 saturated heterocycles. The van der Waals surface area contributed by atoms with Gasteiger partial charge in [0.25, 0.3) is 0 Å². The molecule has 1 aliphatic rings. The van der Waals surface area contributed by atoms with Gasteiger partial charge in [-0.1, -0.05) is 12.1 Å². The Balaban J connectivity index is 0.000000853. The Morgan fingerprint density at radius 2 is 2.07 bits per heavy atom. The molecule has 3 rings (SSSR count). The van der Waals surface area contributed by atoms with Crippen LogP contribution in [0.5, 0.6) is 5.75 Å². The Bertz CT molecular complexity index is 505. The molecule has 4 heteroatoms. The van der Waals surface area contributed by atoms with Crippen LogP contribution in [0.3, 0.4) is 0 Å². The third-order valence-corrected chi connectivity index (χ3v) is 2.21. The molecule has 0 saturated carbocycles. The number of para-hydroxylation sites is 1. The van der Waals surface area contributed by atoms with Crippen molar-refractivity contribution < 1.29 is 4.74 Å². The van der Waals surface area contributed by atoms with Crippen LogP contribution in [-0.2, 0) is 0 Å². The van der Waals surface area contributed by atoms with Crippen molar-refractivity contribution in [2.75, 3.05) is 0 Å². The van der Waals surface area contributed by atoms with Crippen LogP contribution in [0.1, 0.15) is 0 Å². The van der Waals surface area contributed by atoms with E-state index in [1.165, 1.54) is 0 Å². The van der Waals surface area contributed by atoms with E-state index in [1.807, 2.05) is 41.2 Å². The molecule has 0 aliphatic carbocycles. The van der Waals surface area contributed by atoms with Crippen molar-refractivity contribution in [3.05, 3.63) is 42.9 Å². The normalized spacial score (nSPS) is 11.7. The number of aromatic nitrogens is 2. The Hall–Kier alpha value is -1.74. The van der Waals surface area contributed by atoms with Gasteiger partial charge in [0, 0.05) is 18.6 Å². The predicted molar refractivity (Wildman–Crippen MR) is 60.9 cm³/mol. The van der Waals surface area contributed by atoms with Crippen LogP contribution >= 0.6 is 12.4 Å². The second kappa shape index (κ2) is 3.79. The van der Waals surface area contributed by atoms with Gasteiger partial charge in [0.1, 0.15) is 17.8 Å². The van der Waals surface area contributed by atoms with Crippen LogP contribution in [-0.4, -0.2) is 9.55 Å². The molecule has 2 heterocycles. The summed E-state index contributed by atoms with van der Waals surface area (Å²) in [6.45, 7) is 0. The van der Waals surface area contributed by atoms with Gasteiger partial charge in [0.05, 0.1) is 5.56 Å². The Morgan fingerprint density at radius 1 is 1.20 bits per heavy atom. The maximum absolute atomic E-state index is 5.45. The third-order valence-electron chi connectivity index (χ3n) is 2.21. The molecule has 0 fully saturated rings. The lowest BCUT2D eigenvalue weighted by Crippen LogP contribution is -1.88. The summed E-state index contributed by atoms with van der Waals surface area (Å²) in [6, 6.07) is 7.86. The van der Waals surface area contributed by atoms with Crippen molar-refractivity contribution in [3.8, 4) is 17.1 Å². The molecule has 0 N–H and O–H groups in total. The van der Waals surface area contributed by atoms with Gasteiger partial charge in [0.2, 0.25) is 0 Å². The number of rotatable bonds is 0. The zero-order valence-corrected chi connectivity index (χ0v) is 8.65. The maximum atomic E-state index is 5.45. The molecule has 0 spiro atoms. The van der Waals surface area contributed by atoms with Gasteiger partial charge in [-0.25, -0.2) is 4.98 Å². The lowest BCUT2D eigenvalue weighted by atomic mass is 10.2. The molecule has 1 aromatic carbocycles. The molecule has 0 unspecified atom stereocenters. The van der Waals surface area contributed by atoms with E-state index in [2.05, 4.69) is 4.98 Å². The first-order valence-electron chi connectivity index (χ1n) is 4.41. The number of halogens is 1. The van der Waals surface area contributed by atoms with Gasteiger partial charge >= 0.3 is 0 Å². The molecule has 0 atom stereocenters. The van der Waals surface area contributed by atoms with Gasteiger partial charge in [0.15, 0.2) is 0 Å². The summed E-state index contributed by atoms with van der Waals surface area (Å²) in [7, 11) is 0. The molecule has 76 valence electrons.